The maximum atomic E-state index is 11.8. The molecule has 0 unspecified atom stereocenters. The number of amidine groups is 1. The Bertz CT molecular complexity index is 385. The standard InChI is InChI=1S/C12H16ClFN2O/c13-10-8-9(12(15)16)4-5-11(10)17-7-3-1-2-6-14/h4-5,8H,1-3,6-7H2,(H3,15,16). The molecule has 0 aliphatic rings. The number of nitrogens with one attached hydrogen (secondary N) is 1. The Morgan fingerprint density at radius 2 is 2.12 bits per heavy atom. The number of hydrogen-bond acceptors (Lipinski definition) is 2. The van der Waals surface area contributed by atoms with Crippen molar-refractivity contribution in [2.75, 3.05) is 13.3 Å². The zero-order chi connectivity index (χ0) is 12.7. The van der Waals surface area contributed by atoms with Gasteiger partial charge in [0.15, 0.2) is 0 Å². The first kappa shape index (κ1) is 13.8. The van der Waals surface area contributed by atoms with Crippen molar-refractivity contribution in [3.8, 4) is 5.75 Å². The van der Waals surface area contributed by atoms with Crippen LogP contribution in [0.15, 0.2) is 18.2 Å². The lowest BCUT2D eigenvalue weighted by molar-refractivity contribution is 0.301. The van der Waals surface area contributed by atoms with Crippen molar-refractivity contribution >= 4 is 17.4 Å². The lowest BCUT2D eigenvalue weighted by atomic mass is 10.2. The molecule has 1 aromatic carbocycles. The molecule has 1 rings (SSSR count). The fourth-order valence-electron chi connectivity index (χ4n) is 1.34. The van der Waals surface area contributed by atoms with Gasteiger partial charge in [-0.1, -0.05) is 11.6 Å². The second kappa shape index (κ2) is 7.12. The smallest absolute Gasteiger partial charge is 0.137 e. The number of benzene rings is 1. The minimum Gasteiger partial charge on any atom is -0.492 e. The van der Waals surface area contributed by atoms with E-state index in [2.05, 4.69) is 0 Å². The van der Waals surface area contributed by atoms with Gasteiger partial charge in [-0.05, 0) is 37.5 Å². The van der Waals surface area contributed by atoms with E-state index in [0.29, 0.717) is 29.4 Å². The summed E-state index contributed by atoms with van der Waals surface area (Å²) in [5, 5.41) is 7.69. The maximum absolute atomic E-state index is 11.8. The van der Waals surface area contributed by atoms with E-state index in [1.807, 2.05) is 0 Å². The second-order valence-electron chi connectivity index (χ2n) is 3.66. The zero-order valence-corrected chi connectivity index (χ0v) is 10.3. The van der Waals surface area contributed by atoms with Crippen molar-refractivity contribution in [3.63, 3.8) is 0 Å². The average molecular weight is 259 g/mol. The highest BCUT2D eigenvalue weighted by Gasteiger charge is 2.04. The Morgan fingerprint density at radius 3 is 2.71 bits per heavy atom. The molecular formula is C12H16ClFN2O. The highest BCUT2D eigenvalue weighted by Crippen LogP contribution is 2.25. The minimum atomic E-state index is -0.284. The number of nitrogen functional groups attached to an aromatic ring is 1. The van der Waals surface area contributed by atoms with E-state index in [-0.39, 0.29) is 12.5 Å². The first-order chi connectivity index (χ1) is 8.15. The van der Waals surface area contributed by atoms with Gasteiger partial charge in [0, 0.05) is 5.56 Å². The number of halogens is 2. The number of hydrogen-bond donors (Lipinski definition) is 2. The Morgan fingerprint density at radius 1 is 1.35 bits per heavy atom. The molecule has 0 aliphatic carbocycles. The van der Waals surface area contributed by atoms with Crippen LogP contribution in [0.2, 0.25) is 5.02 Å². The third-order valence-corrected chi connectivity index (χ3v) is 2.57. The Hall–Kier alpha value is -1.29. The van der Waals surface area contributed by atoms with Crippen LogP contribution in [0.5, 0.6) is 5.75 Å². The van der Waals surface area contributed by atoms with E-state index in [1.165, 1.54) is 0 Å². The van der Waals surface area contributed by atoms with E-state index >= 15 is 0 Å². The van der Waals surface area contributed by atoms with Crippen molar-refractivity contribution in [2.24, 2.45) is 5.73 Å². The third-order valence-electron chi connectivity index (χ3n) is 2.28. The molecule has 3 nitrogen and oxygen atoms in total. The third kappa shape index (κ3) is 4.61. The van der Waals surface area contributed by atoms with E-state index < -0.39 is 0 Å². The largest absolute Gasteiger partial charge is 0.492 e. The van der Waals surface area contributed by atoms with Crippen LogP contribution in [0, 0.1) is 5.41 Å². The number of ether oxygens (including phenoxy) is 1. The van der Waals surface area contributed by atoms with Gasteiger partial charge in [0.2, 0.25) is 0 Å². The molecule has 3 N–H and O–H groups in total. The van der Waals surface area contributed by atoms with Gasteiger partial charge in [-0.3, -0.25) is 9.80 Å². The van der Waals surface area contributed by atoms with Crippen molar-refractivity contribution in [3.05, 3.63) is 28.8 Å². The van der Waals surface area contributed by atoms with Crippen molar-refractivity contribution in [1.82, 2.24) is 0 Å². The highest BCUT2D eigenvalue weighted by atomic mass is 35.5. The molecule has 0 saturated carbocycles. The van der Waals surface area contributed by atoms with Gasteiger partial charge in [0.25, 0.3) is 0 Å². The summed E-state index contributed by atoms with van der Waals surface area (Å²) >= 11 is 5.98. The molecule has 0 aliphatic heterocycles. The molecule has 0 amide bonds. The summed E-state index contributed by atoms with van der Waals surface area (Å²) in [5.74, 6) is 0.540. The molecule has 0 aromatic heterocycles. The molecule has 1 aromatic rings. The summed E-state index contributed by atoms with van der Waals surface area (Å²) in [7, 11) is 0. The Labute approximate surface area is 105 Å². The van der Waals surface area contributed by atoms with E-state index in [4.69, 9.17) is 27.5 Å². The highest BCUT2D eigenvalue weighted by molar-refractivity contribution is 6.32. The number of nitrogens with two attached hydrogens (primary N) is 1. The molecule has 0 atom stereocenters. The van der Waals surface area contributed by atoms with Crippen molar-refractivity contribution in [1.29, 1.82) is 5.41 Å². The predicted octanol–water partition coefficient (Wildman–Crippen LogP) is 3.14. The van der Waals surface area contributed by atoms with Gasteiger partial charge in [0.05, 0.1) is 18.3 Å². The number of alkyl halides is 1. The first-order valence-corrected chi connectivity index (χ1v) is 5.85. The monoisotopic (exact) mass is 258 g/mol. The summed E-state index contributed by atoms with van der Waals surface area (Å²) in [6.45, 7) is 0.229. The molecule has 17 heavy (non-hydrogen) atoms. The Kier molecular flexibility index (Phi) is 5.77. The van der Waals surface area contributed by atoms with Gasteiger partial charge in [0.1, 0.15) is 11.6 Å². The van der Waals surface area contributed by atoms with Gasteiger partial charge >= 0.3 is 0 Å². The molecule has 0 heterocycles. The van der Waals surface area contributed by atoms with Crippen molar-refractivity contribution in [2.45, 2.75) is 19.3 Å². The van der Waals surface area contributed by atoms with Gasteiger partial charge in [-0.15, -0.1) is 0 Å². The van der Waals surface area contributed by atoms with Crippen LogP contribution in [0.25, 0.3) is 0 Å². The van der Waals surface area contributed by atoms with Gasteiger partial charge in [-0.2, -0.15) is 0 Å². The van der Waals surface area contributed by atoms with Gasteiger partial charge in [-0.25, -0.2) is 0 Å². The molecule has 0 fully saturated rings. The SMILES string of the molecule is N=C(N)c1ccc(OCCCCCF)c(Cl)c1. The fraction of sp³-hybridized carbons (Fsp3) is 0.417. The zero-order valence-electron chi connectivity index (χ0n) is 9.51. The number of rotatable bonds is 7. The van der Waals surface area contributed by atoms with Crippen LogP contribution in [0.4, 0.5) is 4.39 Å². The van der Waals surface area contributed by atoms with Crippen LogP contribution in [-0.4, -0.2) is 19.1 Å². The fourth-order valence-corrected chi connectivity index (χ4v) is 1.58. The molecule has 94 valence electrons. The molecule has 0 spiro atoms. The molecule has 5 heteroatoms. The summed E-state index contributed by atoms with van der Waals surface area (Å²) in [4.78, 5) is 0. The van der Waals surface area contributed by atoms with Crippen molar-refractivity contribution < 1.29 is 9.13 Å². The second-order valence-corrected chi connectivity index (χ2v) is 4.06. The van der Waals surface area contributed by atoms with Crippen LogP contribution in [0.1, 0.15) is 24.8 Å². The molecule has 0 radical (unpaired) electrons. The van der Waals surface area contributed by atoms with E-state index in [1.54, 1.807) is 18.2 Å². The summed E-state index contributed by atoms with van der Waals surface area (Å²) < 4.78 is 17.3. The maximum Gasteiger partial charge on any atom is 0.137 e. The number of unbranched alkanes of at least 4 members (excludes halogenated alkanes) is 2. The van der Waals surface area contributed by atoms with E-state index in [0.717, 1.165) is 12.8 Å². The minimum absolute atomic E-state index is 0.0265. The van der Waals surface area contributed by atoms with Crippen LogP contribution < -0.4 is 10.5 Å². The average Bonchev–Trinajstić information content (AvgIpc) is 2.30. The summed E-state index contributed by atoms with van der Waals surface area (Å²) in [5.41, 5.74) is 5.91. The summed E-state index contributed by atoms with van der Waals surface area (Å²) in [6.07, 6.45) is 2.18. The van der Waals surface area contributed by atoms with Crippen LogP contribution >= 0.6 is 11.6 Å². The lowest BCUT2D eigenvalue weighted by Gasteiger charge is -2.08. The summed E-state index contributed by atoms with van der Waals surface area (Å²) in [6, 6.07) is 4.97. The molecular weight excluding hydrogens is 243 g/mol. The topological polar surface area (TPSA) is 59.1 Å². The quantitative estimate of drug-likeness (QED) is 0.448. The van der Waals surface area contributed by atoms with Gasteiger partial charge < -0.3 is 10.5 Å². The van der Waals surface area contributed by atoms with Crippen LogP contribution in [-0.2, 0) is 0 Å². The van der Waals surface area contributed by atoms with Crippen LogP contribution in [0.3, 0.4) is 0 Å². The predicted molar refractivity (Wildman–Crippen MR) is 67.8 cm³/mol. The normalized spacial score (nSPS) is 10.2. The molecule has 0 bridgehead atoms. The Balaban J connectivity index is 2.46. The van der Waals surface area contributed by atoms with E-state index in [9.17, 15) is 4.39 Å². The first-order valence-electron chi connectivity index (χ1n) is 5.48. The molecule has 0 saturated heterocycles. The lowest BCUT2D eigenvalue weighted by Crippen LogP contribution is -2.10.